The zero-order valence-corrected chi connectivity index (χ0v) is 18.0. The molecule has 28 heavy (non-hydrogen) atoms. The van der Waals surface area contributed by atoms with Crippen molar-refractivity contribution in [2.24, 2.45) is 10.9 Å². The Bertz CT molecular complexity index is 931. The van der Waals surface area contributed by atoms with E-state index in [4.69, 9.17) is 4.74 Å². The van der Waals surface area contributed by atoms with E-state index in [9.17, 15) is 9.59 Å². The predicted molar refractivity (Wildman–Crippen MR) is 110 cm³/mol. The monoisotopic (exact) mass is 400 g/mol. The highest BCUT2D eigenvalue weighted by molar-refractivity contribution is 7.09. The van der Waals surface area contributed by atoms with E-state index in [1.54, 1.807) is 23.5 Å². The summed E-state index contributed by atoms with van der Waals surface area (Å²) in [4.78, 5) is 30.9. The molecule has 6 heteroatoms. The molecule has 1 aliphatic rings. The van der Waals surface area contributed by atoms with Crippen molar-refractivity contribution in [3.8, 4) is 0 Å². The molecule has 2 aromatic rings. The summed E-state index contributed by atoms with van der Waals surface area (Å²) in [6, 6.07) is 9.05. The number of benzene rings is 1. The quantitative estimate of drug-likeness (QED) is 0.703. The zero-order chi connectivity index (χ0) is 20.5. The second kappa shape index (κ2) is 8.03. The van der Waals surface area contributed by atoms with Crippen LogP contribution >= 0.6 is 11.3 Å². The normalized spacial score (nSPS) is 16.1. The largest absolute Gasteiger partial charge is 0.447 e. The third-order valence-electron chi connectivity index (χ3n) is 4.79. The number of carbonyl (C=O) groups is 2. The van der Waals surface area contributed by atoms with E-state index in [1.165, 1.54) is 30.3 Å². The number of carbonyl (C=O) groups excluding carboxylic acids is 2. The predicted octanol–water partition coefficient (Wildman–Crippen LogP) is 4.30. The fraction of sp³-hybridized carbons (Fsp3) is 0.500. The molecule has 1 heterocycles. The number of hydrogen-bond donors (Lipinski definition) is 0. The SMILES string of the molecule is CC(=O)OC(C(=O)/N=c1\sc(C(C)(C)C)c(C)n1CC1CC1)c1ccccc1. The van der Waals surface area contributed by atoms with Crippen molar-refractivity contribution >= 4 is 23.2 Å². The Balaban J connectivity index is 2.04. The Morgan fingerprint density at radius 3 is 2.43 bits per heavy atom. The molecule has 0 radical (unpaired) electrons. The summed E-state index contributed by atoms with van der Waals surface area (Å²) in [5.41, 5.74) is 1.77. The molecule has 0 spiro atoms. The van der Waals surface area contributed by atoms with Crippen LogP contribution < -0.4 is 4.80 Å². The number of nitrogens with zero attached hydrogens (tertiary/aromatic N) is 2. The van der Waals surface area contributed by atoms with Crippen LogP contribution in [0.4, 0.5) is 0 Å². The molecule has 0 saturated heterocycles. The first-order valence-electron chi connectivity index (χ1n) is 9.68. The van der Waals surface area contributed by atoms with Gasteiger partial charge in [-0.25, -0.2) is 0 Å². The van der Waals surface area contributed by atoms with Gasteiger partial charge in [-0.15, -0.1) is 11.3 Å². The number of aromatic nitrogens is 1. The molecule has 0 bridgehead atoms. The highest BCUT2D eigenvalue weighted by Crippen LogP contribution is 2.33. The minimum atomic E-state index is -1.02. The van der Waals surface area contributed by atoms with Crippen LogP contribution in [0.5, 0.6) is 0 Å². The van der Waals surface area contributed by atoms with E-state index in [0.717, 1.165) is 6.54 Å². The third kappa shape index (κ3) is 4.79. The maximum atomic E-state index is 13.0. The molecule has 1 atom stereocenters. The van der Waals surface area contributed by atoms with Gasteiger partial charge in [0.15, 0.2) is 4.80 Å². The number of hydrogen-bond acceptors (Lipinski definition) is 4. The Hall–Kier alpha value is -2.21. The summed E-state index contributed by atoms with van der Waals surface area (Å²) >= 11 is 1.56. The Morgan fingerprint density at radius 2 is 1.89 bits per heavy atom. The van der Waals surface area contributed by atoms with Gasteiger partial charge in [-0.3, -0.25) is 9.59 Å². The van der Waals surface area contributed by atoms with Crippen LogP contribution in [0.15, 0.2) is 35.3 Å². The average Bonchev–Trinajstić information content (AvgIpc) is 3.38. The number of ether oxygens (including phenoxy) is 1. The molecule has 150 valence electrons. The maximum absolute atomic E-state index is 13.0. The van der Waals surface area contributed by atoms with Crippen LogP contribution in [0.2, 0.25) is 0 Å². The van der Waals surface area contributed by atoms with E-state index in [0.29, 0.717) is 16.3 Å². The van der Waals surface area contributed by atoms with Crippen molar-refractivity contribution in [2.45, 2.75) is 65.5 Å². The molecule has 1 amide bonds. The summed E-state index contributed by atoms with van der Waals surface area (Å²) in [6.45, 7) is 10.8. The summed E-state index contributed by atoms with van der Waals surface area (Å²) < 4.78 is 7.48. The number of thiazole rings is 1. The lowest BCUT2D eigenvalue weighted by Crippen LogP contribution is -2.23. The van der Waals surface area contributed by atoms with Crippen LogP contribution in [-0.2, 0) is 26.3 Å². The van der Waals surface area contributed by atoms with Crippen molar-refractivity contribution in [2.75, 3.05) is 0 Å². The second-order valence-corrected chi connectivity index (χ2v) is 9.43. The molecule has 1 aliphatic carbocycles. The van der Waals surface area contributed by atoms with Gasteiger partial charge in [0, 0.05) is 29.6 Å². The summed E-state index contributed by atoms with van der Waals surface area (Å²) in [7, 11) is 0. The van der Waals surface area contributed by atoms with Crippen molar-refractivity contribution in [3.63, 3.8) is 0 Å². The van der Waals surface area contributed by atoms with Crippen LogP contribution in [-0.4, -0.2) is 16.4 Å². The smallest absolute Gasteiger partial charge is 0.303 e. The first kappa shape index (κ1) is 20.5. The summed E-state index contributed by atoms with van der Waals surface area (Å²) in [5.74, 6) is -0.290. The minimum absolute atomic E-state index is 0.0222. The Kier molecular flexibility index (Phi) is 5.89. The van der Waals surface area contributed by atoms with Gasteiger partial charge in [0.1, 0.15) is 0 Å². The molecule has 1 unspecified atom stereocenters. The Labute approximate surface area is 170 Å². The van der Waals surface area contributed by atoms with Crippen LogP contribution in [0.3, 0.4) is 0 Å². The molecule has 5 nitrogen and oxygen atoms in total. The van der Waals surface area contributed by atoms with Gasteiger partial charge in [-0.1, -0.05) is 51.1 Å². The standard InChI is InChI=1S/C22H28N2O3S/c1-14-19(22(3,4)5)28-21(24(14)13-16-11-12-16)23-20(26)18(27-15(2)25)17-9-7-6-8-10-17/h6-10,16,18H,11-13H2,1-5H3/b23-21-. The summed E-state index contributed by atoms with van der Waals surface area (Å²) in [6.07, 6.45) is 1.43. The maximum Gasteiger partial charge on any atom is 0.303 e. The number of esters is 1. The van der Waals surface area contributed by atoms with Gasteiger partial charge in [-0.2, -0.15) is 4.99 Å². The molecule has 1 aromatic carbocycles. The van der Waals surface area contributed by atoms with Crippen LogP contribution in [0.1, 0.15) is 62.8 Å². The van der Waals surface area contributed by atoms with Crippen LogP contribution in [0.25, 0.3) is 0 Å². The molecular weight excluding hydrogens is 372 g/mol. The van der Waals surface area contributed by atoms with Crippen LogP contribution in [0, 0.1) is 12.8 Å². The van der Waals surface area contributed by atoms with Gasteiger partial charge < -0.3 is 9.30 Å². The van der Waals surface area contributed by atoms with E-state index >= 15 is 0 Å². The highest BCUT2D eigenvalue weighted by atomic mass is 32.1. The van der Waals surface area contributed by atoms with E-state index < -0.39 is 18.0 Å². The molecular formula is C22H28N2O3S. The van der Waals surface area contributed by atoms with E-state index in [1.807, 2.05) is 18.2 Å². The molecule has 0 N–H and O–H groups in total. The Morgan fingerprint density at radius 1 is 1.25 bits per heavy atom. The lowest BCUT2D eigenvalue weighted by atomic mass is 9.93. The second-order valence-electron chi connectivity index (χ2n) is 8.45. The minimum Gasteiger partial charge on any atom is -0.447 e. The lowest BCUT2D eigenvalue weighted by molar-refractivity contribution is -0.153. The van der Waals surface area contributed by atoms with Gasteiger partial charge in [0.25, 0.3) is 5.91 Å². The third-order valence-corrected chi connectivity index (χ3v) is 6.40. The fourth-order valence-electron chi connectivity index (χ4n) is 3.25. The number of amides is 1. The molecule has 3 rings (SSSR count). The van der Waals surface area contributed by atoms with Gasteiger partial charge >= 0.3 is 5.97 Å². The van der Waals surface area contributed by atoms with Gasteiger partial charge in [0.05, 0.1) is 0 Å². The number of rotatable bonds is 5. The van der Waals surface area contributed by atoms with Crippen molar-refractivity contribution in [3.05, 3.63) is 51.3 Å². The van der Waals surface area contributed by atoms with Crippen molar-refractivity contribution in [1.82, 2.24) is 4.57 Å². The summed E-state index contributed by atoms with van der Waals surface area (Å²) in [5, 5.41) is 0. The average molecular weight is 401 g/mol. The molecule has 1 saturated carbocycles. The molecule has 1 aromatic heterocycles. The first-order chi connectivity index (χ1) is 13.2. The van der Waals surface area contributed by atoms with Crippen molar-refractivity contribution < 1.29 is 14.3 Å². The highest BCUT2D eigenvalue weighted by Gasteiger charge is 2.28. The zero-order valence-electron chi connectivity index (χ0n) is 17.2. The van der Waals surface area contributed by atoms with E-state index in [2.05, 4.69) is 37.3 Å². The molecule has 0 aliphatic heterocycles. The lowest BCUT2D eigenvalue weighted by Gasteiger charge is -2.17. The molecule has 1 fully saturated rings. The first-order valence-corrected chi connectivity index (χ1v) is 10.5. The van der Waals surface area contributed by atoms with E-state index in [-0.39, 0.29) is 5.41 Å². The van der Waals surface area contributed by atoms with Gasteiger partial charge in [0.2, 0.25) is 6.10 Å². The van der Waals surface area contributed by atoms with Crippen molar-refractivity contribution in [1.29, 1.82) is 0 Å². The van der Waals surface area contributed by atoms with Gasteiger partial charge in [-0.05, 0) is 31.1 Å². The topological polar surface area (TPSA) is 60.7 Å². The fourth-order valence-corrected chi connectivity index (χ4v) is 4.45.